The van der Waals surface area contributed by atoms with Gasteiger partial charge in [0.05, 0.1) is 13.2 Å². The van der Waals surface area contributed by atoms with Crippen LogP contribution in [-0.4, -0.2) is 83.1 Å². The van der Waals surface area contributed by atoms with Gasteiger partial charge in [-0.1, -0.05) is 44.5 Å². The fourth-order valence-corrected chi connectivity index (χ4v) is 6.04. The summed E-state index contributed by atoms with van der Waals surface area (Å²) in [5, 5.41) is 10.4. The molecule has 38 heavy (non-hydrogen) atoms. The number of hydrogen-bond acceptors (Lipinski definition) is 6. The number of methoxy groups -OCH3 is 1. The van der Waals surface area contributed by atoms with Gasteiger partial charge in [0.2, 0.25) is 0 Å². The molecule has 4 rings (SSSR count). The lowest BCUT2D eigenvalue weighted by Crippen LogP contribution is -2.57. The largest absolute Gasteiger partial charge is 0.508 e. The van der Waals surface area contributed by atoms with Crippen LogP contribution in [0.1, 0.15) is 74.5 Å². The van der Waals surface area contributed by atoms with Crippen molar-refractivity contribution in [2.75, 3.05) is 33.3 Å². The lowest BCUT2D eigenvalue weighted by atomic mass is 9.92. The minimum Gasteiger partial charge on any atom is -0.508 e. The zero-order valence-electron chi connectivity index (χ0n) is 23.5. The lowest BCUT2D eigenvalue weighted by molar-refractivity contribution is -0.145. The molecule has 2 aromatic rings. The Morgan fingerprint density at radius 3 is 2.45 bits per heavy atom. The van der Waals surface area contributed by atoms with Crippen molar-refractivity contribution in [3.63, 3.8) is 0 Å². The Kier molecular flexibility index (Phi) is 9.11. The first-order valence-electron chi connectivity index (χ1n) is 14.0. The van der Waals surface area contributed by atoms with E-state index in [0.29, 0.717) is 30.5 Å². The Balaban J connectivity index is 1.67. The Labute approximate surface area is 227 Å². The first-order valence-corrected chi connectivity index (χ1v) is 14.0. The van der Waals surface area contributed by atoms with E-state index in [1.807, 2.05) is 30.3 Å². The molecule has 206 valence electrons. The Morgan fingerprint density at radius 1 is 1.05 bits per heavy atom. The smallest absolute Gasteiger partial charge is 0.328 e. The summed E-state index contributed by atoms with van der Waals surface area (Å²) in [5.74, 6) is 0.380. The highest BCUT2D eigenvalue weighted by atomic mass is 16.5. The van der Waals surface area contributed by atoms with Crippen molar-refractivity contribution in [3.8, 4) is 5.75 Å². The highest BCUT2D eigenvalue weighted by Crippen LogP contribution is 2.35. The Hall–Kier alpha value is -2.90. The maximum atomic E-state index is 13.6. The molecule has 1 amide bonds. The average molecular weight is 522 g/mol. The predicted octanol–water partition coefficient (Wildman–Crippen LogP) is 4.70. The molecule has 0 aliphatic carbocycles. The number of carbonyl (C=O) groups is 2. The number of benzene rings is 2. The molecule has 2 aliphatic rings. The lowest BCUT2D eigenvalue weighted by Gasteiger charge is -2.48. The standard InChI is InChI=1S/C31H43N3O4/c1-6-21(2)18-32-19-23(4)34(20-22(32)3)29(25-11-8-13-27(35)17-25)24-10-7-12-26(16-24)30(36)33-15-9-14-28(33)31(37)38-5/h7-8,10-13,16-17,21-23,28-29,35H,6,9,14-15,18-20H2,1-5H3/t21?,22-,23+,28+,29-/m1/s1. The Bertz CT molecular complexity index is 1120. The zero-order valence-corrected chi connectivity index (χ0v) is 23.5. The zero-order chi connectivity index (χ0) is 27.4. The fraction of sp³-hybridized carbons (Fsp3) is 0.548. The van der Waals surface area contributed by atoms with Crippen LogP contribution in [0.3, 0.4) is 0 Å². The number of rotatable bonds is 8. The summed E-state index contributed by atoms with van der Waals surface area (Å²) in [5.41, 5.74) is 2.57. The summed E-state index contributed by atoms with van der Waals surface area (Å²) >= 11 is 0. The van der Waals surface area contributed by atoms with Gasteiger partial charge < -0.3 is 14.7 Å². The normalized spacial score (nSPS) is 24.2. The Morgan fingerprint density at radius 2 is 1.76 bits per heavy atom. The number of amides is 1. The van der Waals surface area contributed by atoms with Gasteiger partial charge >= 0.3 is 5.97 Å². The summed E-state index contributed by atoms with van der Waals surface area (Å²) in [7, 11) is 1.37. The maximum absolute atomic E-state index is 13.6. The maximum Gasteiger partial charge on any atom is 0.328 e. The van der Waals surface area contributed by atoms with Gasteiger partial charge in [-0.25, -0.2) is 4.79 Å². The molecule has 2 aromatic carbocycles. The van der Waals surface area contributed by atoms with Crippen LogP contribution in [0.15, 0.2) is 48.5 Å². The molecule has 1 unspecified atom stereocenters. The van der Waals surface area contributed by atoms with Crippen molar-refractivity contribution in [3.05, 3.63) is 65.2 Å². The number of aromatic hydroxyl groups is 1. The highest BCUT2D eigenvalue weighted by molar-refractivity contribution is 5.97. The second-order valence-electron chi connectivity index (χ2n) is 11.2. The number of carbonyl (C=O) groups excluding carboxylic acids is 2. The molecule has 2 fully saturated rings. The molecule has 2 saturated heterocycles. The van der Waals surface area contributed by atoms with Crippen molar-refractivity contribution in [2.24, 2.45) is 5.92 Å². The number of hydrogen-bond donors (Lipinski definition) is 1. The van der Waals surface area contributed by atoms with Crippen molar-refractivity contribution < 1.29 is 19.4 Å². The van der Waals surface area contributed by atoms with Gasteiger partial charge in [-0.05, 0) is 68.0 Å². The molecule has 0 saturated carbocycles. The van der Waals surface area contributed by atoms with Crippen LogP contribution < -0.4 is 0 Å². The van der Waals surface area contributed by atoms with Gasteiger partial charge in [-0.3, -0.25) is 14.6 Å². The molecule has 1 N–H and O–H groups in total. The molecule has 0 spiro atoms. The molecule has 7 nitrogen and oxygen atoms in total. The van der Waals surface area contributed by atoms with Gasteiger partial charge in [0, 0.05) is 43.8 Å². The van der Waals surface area contributed by atoms with Crippen molar-refractivity contribution in [1.82, 2.24) is 14.7 Å². The second-order valence-corrected chi connectivity index (χ2v) is 11.2. The van der Waals surface area contributed by atoms with E-state index in [-0.39, 0.29) is 29.7 Å². The van der Waals surface area contributed by atoms with E-state index < -0.39 is 6.04 Å². The number of piperazine rings is 1. The molecule has 0 aromatic heterocycles. The minimum absolute atomic E-state index is 0.118. The fourth-order valence-electron chi connectivity index (χ4n) is 6.04. The molecule has 0 radical (unpaired) electrons. The number of phenols is 1. The summed E-state index contributed by atoms with van der Waals surface area (Å²) < 4.78 is 4.96. The third kappa shape index (κ3) is 6.05. The first kappa shape index (κ1) is 28.1. The number of phenolic OH excluding ortho intramolecular Hbond substituents is 1. The van der Waals surface area contributed by atoms with Crippen LogP contribution in [0.25, 0.3) is 0 Å². The number of likely N-dealkylation sites (tertiary alicyclic amines) is 1. The summed E-state index contributed by atoms with van der Waals surface area (Å²) in [6.07, 6.45) is 2.58. The van der Waals surface area contributed by atoms with E-state index in [1.54, 1.807) is 11.0 Å². The third-order valence-corrected chi connectivity index (χ3v) is 8.36. The number of esters is 1. The van der Waals surface area contributed by atoms with E-state index in [9.17, 15) is 14.7 Å². The van der Waals surface area contributed by atoms with Gasteiger partial charge in [-0.15, -0.1) is 0 Å². The highest BCUT2D eigenvalue weighted by Gasteiger charge is 2.37. The summed E-state index contributed by atoms with van der Waals surface area (Å²) in [6, 6.07) is 15.3. The van der Waals surface area contributed by atoms with Crippen LogP contribution in [0.2, 0.25) is 0 Å². The second kappa shape index (κ2) is 12.3. The SMILES string of the molecule is CCC(C)CN1C[C@H](C)N([C@@H](c2cccc(O)c2)c2cccc(C(=O)N3CCC[C@H]3C(=O)OC)c2)C[C@H]1C. The summed E-state index contributed by atoms with van der Waals surface area (Å²) in [4.78, 5) is 32.6. The first-order chi connectivity index (χ1) is 18.2. The molecule has 5 atom stereocenters. The number of nitrogens with zero attached hydrogens (tertiary/aromatic N) is 3. The minimum atomic E-state index is -0.530. The molecule has 2 heterocycles. The van der Waals surface area contributed by atoms with E-state index in [4.69, 9.17) is 4.74 Å². The van der Waals surface area contributed by atoms with Crippen LogP contribution in [0.4, 0.5) is 0 Å². The van der Waals surface area contributed by atoms with Crippen LogP contribution in [-0.2, 0) is 9.53 Å². The van der Waals surface area contributed by atoms with E-state index in [0.717, 1.165) is 37.2 Å². The van der Waals surface area contributed by atoms with Crippen molar-refractivity contribution in [2.45, 2.75) is 71.1 Å². The molecular formula is C31H43N3O4. The average Bonchev–Trinajstić information content (AvgIpc) is 3.41. The molecule has 7 heteroatoms. The van der Waals surface area contributed by atoms with E-state index in [2.05, 4.69) is 49.6 Å². The number of ether oxygens (including phenoxy) is 1. The van der Waals surface area contributed by atoms with Crippen LogP contribution >= 0.6 is 0 Å². The van der Waals surface area contributed by atoms with Gasteiger partial charge in [0.1, 0.15) is 11.8 Å². The quantitative estimate of drug-likeness (QED) is 0.508. The van der Waals surface area contributed by atoms with Gasteiger partial charge in [0.15, 0.2) is 0 Å². The van der Waals surface area contributed by atoms with Crippen molar-refractivity contribution in [1.29, 1.82) is 0 Å². The molecular weight excluding hydrogens is 478 g/mol. The topological polar surface area (TPSA) is 73.3 Å². The third-order valence-electron chi connectivity index (χ3n) is 8.36. The van der Waals surface area contributed by atoms with Crippen LogP contribution in [0.5, 0.6) is 5.75 Å². The van der Waals surface area contributed by atoms with E-state index >= 15 is 0 Å². The summed E-state index contributed by atoms with van der Waals surface area (Å²) in [6.45, 7) is 12.6. The van der Waals surface area contributed by atoms with Gasteiger partial charge in [-0.2, -0.15) is 0 Å². The van der Waals surface area contributed by atoms with Crippen molar-refractivity contribution >= 4 is 11.9 Å². The van der Waals surface area contributed by atoms with E-state index in [1.165, 1.54) is 13.5 Å². The monoisotopic (exact) mass is 521 g/mol. The molecule has 2 aliphatic heterocycles. The van der Waals surface area contributed by atoms with Crippen LogP contribution in [0, 0.1) is 5.92 Å². The molecule has 0 bridgehead atoms. The predicted molar refractivity (Wildman–Crippen MR) is 149 cm³/mol. The van der Waals surface area contributed by atoms with Gasteiger partial charge in [0.25, 0.3) is 5.91 Å².